The SMILES string of the molecule is COC[C@H]1CN(C)C[C@@]12CCN(Cc1ccc(C)s1)C2.O=C(O)C(F)(F)F.O=C(O)C(F)(F)F. The van der Waals surface area contributed by atoms with Crippen molar-refractivity contribution in [3.05, 3.63) is 21.9 Å². The molecule has 2 aliphatic heterocycles. The van der Waals surface area contributed by atoms with E-state index in [2.05, 4.69) is 35.9 Å². The summed E-state index contributed by atoms with van der Waals surface area (Å²) in [5.74, 6) is -4.81. The van der Waals surface area contributed by atoms with Crippen molar-refractivity contribution in [2.24, 2.45) is 11.3 Å². The van der Waals surface area contributed by atoms with Gasteiger partial charge in [0.15, 0.2) is 0 Å². The number of rotatable bonds is 4. The Labute approximate surface area is 196 Å². The number of halogens is 6. The van der Waals surface area contributed by atoms with Crippen molar-refractivity contribution in [1.82, 2.24) is 9.80 Å². The minimum atomic E-state index is -5.08. The van der Waals surface area contributed by atoms with E-state index in [-0.39, 0.29) is 0 Å². The summed E-state index contributed by atoms with van der Waals surface area (Å²) in [6.45, 7) is 9.15. The Kier molecular flexibility index (Phi) is 10.8. The number of aliphatic carboxylic acids is 2. The molecule has 2 saturated heterocycles. The quantitative estimate of drug-likeness (QED) is 0.583. The summed E-state index contributed by atoms with van der Waals surface area (Å²) in [6, 6.07) is 4.53. The molecule has 34 heavy (non-hydrogen) atoms. The number of likely N-dealkylation sites (tertiary alicyclic amines) is 2. The van der Waals surface area contributed by atoms with Gasteiger partial charge in [-0.15, -0.1) is 11.3 Å². The fraction of sp³-hybridized carbons (Fsp3) is 0.700. The summed E-state index contributed by atoms with van der Waals surface area (Å²) in [6.07, 6.45) is -8.84. The third-order valence-electron chi connectivity index (χ3n) is 5.48. The standard InChI is InChI=1S/C16H26N2OS.2C2HF3O2/c1-13-4-5-15(20-13)9-18-7-6-16(12-18)11-17(2)8-14(16)10-19-3;2*3-2(4,5)1(6)7/h4-5,14H,6-12H2,1-3H3;2*(H,6,7)/t14-,16-;;/m1../s1. The summed E-state index contributed by atoms with van der Waals surface area (Å²) in [4.78, 5) is 25.9. The van der Waals surface area contributed by atoms with Crippen LogP contribution in [-0.4, -0.2) is 91.2 Å². The number of thiophene rings is 1. The van der Waals surface area contributed by atoms with Crippen LogP contribution in [0.2, 0.25) is 0 Å². The molecule has 0 radical (unpaired) electrons. The lowest BCUT2D eigenvalue weighted by Gasteiger charge is -2.30. The molecular formula is C20H28F6N2O5S. The van der Waals surface area contributed by atoms with E-state index in [9.17, 15) is 26.3 Å². The Morgan fingerprint density at radius 2 is 1.65 bits per heavy atom. The molecule has 1 aromatic rings. The molecule has 3 heterocycles. The summed E-state index contributed by atoms with van der Waals surface area (Å²) in [7, 11) is 4.09. The maximum atomic E-state index is 10.6. The molecule has 1 spiro atoms. The van der Waals surface area contributed by atoms with E-state index in [4.69, 9.17) is 24.5 Å². The van der Waals surface area contributed by atoms with Crippen LogP contribution in [0, 0.1) is 18.3 Å². The molecule has 3 rings (SSSR count). The average molecular weight is 523 g/mol. The van der Waals surface area contributed by atoms with Gasteiger partial charge in [0.05, 0.1) is 6.61 Å². The Morgan fingerprint density at radius 1 is 1.12 bits per heavy atom. The summed E-state index contributed by atoms with van der Waals surface area (Å²) in [5.41, 5.74) is 0.469. The van der Waals surface area contributed by atoms with Crippen molar-refractivity contribution in [3.8, 4) is 0 Å². The summed E-state index contributed by atoms with van der Waals surface area (Å²) < 4.78 is 68.9. The van der Waals surface area contributed by atoms with E-state index in [0.29, 0.717) is 11.3 Å². The van der Waals surface area contributed by atoms with Crippen LogP contribution in [-0.2, 0) is 20.9 Å². The van der Waals surface area contributed by atoms with E-state index in [1.54, 1.807) is 0 Å². The Morgan fingerprint density at radius 3 is 2.06 bits per heavy atom. The number of carboxylic acid groups (broad SMARTS) is 2. The first-order valence-electron chi connectivity index (χ1n) is 10.1. The zero-order valence-corrected chi connectivity index (χ0v) is 19.7. The van der Waals surface area contributed by atoms with Crippen LogP contribution in [0.4, 0.5) is 26.3 Å². The Hall–Kier alpha value is -1.90. The molecule has 7 nitrogen and oxygen atoms in total. The minimum Gasteiger partial charge on any atom is -0.475 e. The molecule has 2 atom stereocenters. The van der Waals surface area contributed by atoms with Crippen molar-refractivity contribution in [1.29, 1.82) is 0 Å². The minimum absolute atomic E-state index is 0.469. The number of nitrogens with zero attached hydrogens (tertiary/aromatic N) is 2. The topological polar surface area (TPSA) is 90.3 Å². The molecule has 1 aromatic heterocycles. The predicted octanol–water partition coefficient (Wildman–Crippen LogP) is 3.72. The number of carboxylic acids is 2. The van der Waals surface area contributed by atoms with Gasteiger partial charge in [-0.1, -0.05) is 0 Å². The zero-order valence-electron chi connectivity index (χ0n) is 18.9. The molecule has 0 aromatic carbocycles. The van der Waals surface area contributed by atoms with E-state index >= 15 is 0 Å². The fourth-order valence-electron chi connectivity index (χ4n) is 4.10. The van der Waals surface area contributed by atoms with Crippen LogP contribution in [0.25, 0.3) is 0 Å². The number of carbonyl (C=O) groups is 2. The Balaban J connectivity index is 0.000000343. The highest BCUT2D eigenvalue weighted by molar-refractivity contribution is 7.11. The van der Waals surface area contributed by atoms with Crippen LogP contribution in [0.1, 0.15) is 16.2 Å². The van der Waals surface area contributed by atoms with Crippen molar-refractivity contribution >= 4 is 23.3 Å². The molecule has 196 valence electrons. The molecule has 2 aliphatic rings. The summed E-state index contributed by atoms with van der Waals surface area (Å²) in [5, 5.41) is 14.2. The third kappa shape index (κ3) is 9.39. The first-order chi connectivity index (χ1) is 15.5. The number of aryl methyl sites for hydroxylation is 1. The van der Waals surface area contributed by atoms with Gasteiger partial charge in [0.25, 0.3) is 0 Å². The van der Waals surface area contributed by atoms with Gasteiger partial charge in [-0.25, -0.2) is 9.59 Å². The molecular weight excluding hydrogens is 494 g/mol. The van der Waals surface area contributed by atoms with Crippen LogP contribution in [0.5, 0.6) is 0 Å². The van der Waals surface area contributed by atoms with Gasteiger partial charge < -0.3 is 19.8 Å². The lowest BCUT2D eigenvalue weighted by Crippen LogP contribution is -2.35. The smallest absolute Gasteiger partial charge is 0.475 e. The number of alkyl halides is 6. The lowest BCUT2D eigenvalue weighted by atomic mass is 9.78. The van der Waals surface area contributed by atoms with Gasteiger partial charge in [-0.3, -0.25) is 4.90 Å². The average Bonchev–Trinajstić information content (AvgIpc) is 3.35. The fourth-order valence-corrected chi connectivity index (χ4v) is 5.04. The molecule has 0 aliphatic carbocycles. The number of ether oxygens (including phenoxy) is 1. The van der Waals surface area contributed by atoms with Gasteiger partial charge in [-0.2, -0.15) is 26.3 Å². The van der Waals surface area contributed by atoms with Crippen LogP contribution in [0.15, 0.2) is 12.1 Å². The highest BCUT2D eigenvalue weighted by Gasteiger charge is 2.49. The second kappa shape index (κ2) is 12.2. The number of hydrogen-bond donors (Lipinski definition) is 2. The normalized spacial score (nSPS) is 23.3. The first-order valence-corrected chi connectivity index (χ1v) is 10.9. The monoisotopic (exact) mass is 522 g/mol. The van der Waals surface area contributed by atoms with Crippen LogP contribution >= 0.6 is 11.3 Å². The maximum absolute atomic E-state index is 10.6. The molecule has 0 amide bonds. The van der Waals surface area contributed by atoms with Crippen molar-refractivity contribution in [2.45, 2.75) is 32.2 Å². The summed E-state index contributed by atoms with van der Waals surface area (Å²) >= 11 is 1.94. The van der Waals surface area contributed by atoms with Gasteiger partial charge in [0.2, 0.25) is 0 Å². The zero-order chi connectivity index (χ0) is 26.3. The Bertz CT molecular complexity index is 792. The van der Waals surface area contributed by atoms with Crippen molar-refractivity contribution in [3.63, 3.8) is 0 Å². The molecule has 0 bridgehead atoms. The van der Waals surface area contributed by atoms with Gasteiger partial charge in [0, 0.05) is 54.4 Å². The van der Waals surface area contributed by atoms with Gasteiger partial charge in [0.1, 0.15) is 0 Å². The third-order valence-corrected chi connectivity index (χ3v) is 6.46. The van der Waals surface area contributed by atoms with E-state index < -0.39 is 24.3 Å². The largest absolute Gasteiger partial charge is 0.490 e. The molecule has 0 unspecified atom stereocenters. The number of methoxy groups -OCH3 is 1. The number of hydrogen-bond acceptors (Lipinski definition) is 6. The molecule has 2 N–H and O–H groups in total. The molecule has 0 saturated carbocycles. The van der Waals surface area contributed by atoms with Crippen molar-refractivity contribution in [2.75, 3.05) is 46.9 Å². The lowest BCUT2D eigenvalue weighted by molar-refractivity contribution is -0.193. The molecule has 2 fully saturated rings. The van der Waals surface area contributed by atoms with E-state index in [1.807, 2.05) is 18.4 Å². The molecule has 14 heteroatoms. The van der Waals surface area contributed by atoms with Gasteiger partial charge in [-0.05, 0) is 39.1 Å². The maximum Gasteiger partial charge on any atom is 0.490 e. The second-order valence-corrected chi connectivity index (χ2v) is 9.66. The van der Waals surface area contributed by atoms with Crippen molar-refractivity contribution < 1.29 is 50.9 Å². The van der Waals surface area contributed by atoms with E-state index in [1.165, 1.54) is 42.4 Å². The predicted molar refractivity (Wildman–Crippen MR) is 112 cm³/mol. The van der Waals surface area contributed by atoms with E-state index in [0.717, 1.165) is 13.2 Å². The second-order valence-electron chi connectivity index (χ2n) is 8.29. The van der Waals surface area contributed by atoms with Gasteiger partial charge >= 0.3 is 24.3 Å². The highest BCUT2D eigenvalue weighted by atomic mass is 32.1. The van der Waals surface area contributed by atoms with Crippen LogP contribution < -0.4 is 0 Å². The highest BCUT2D eigenvalue weighted by Crippen LogP contribution is 2.44. The van der Waals surface area contributed by atoms with Crippen LogP contribution in [0.3, 0.4) is 0 Å². The first kappa shape index (κ1) is 30.1.